The molecular formula is C20H16O5S. The van der Waals surface area contributed by atoms with E-state index in [2.05, 4.69) is 0 Å². The van der Waals surface area contributed by atoms with E-state index in [1.807, 2.05) is 37.3 Å². The van der Waals surface area contributed by atoms with E-state index in [1.54, 1.807) is 24.3 Å². The van der Waals surface area contributed by atoms with Gasteiger partial charge in [0.15, 0.2) is 0 Å². The molecule has 0 fully saturated rings. The molecule has 0 unspecified atom stereocenters. The highest BCUT2D eigenvalue weighted by atomic mass is 32.2. The number of hydrogen-bond donors (Lipinski definition) is 0. The number of carbonyl (C=O) groups excluding carboxylic acids is 1. The van der Waals surface area contributed by atoms with Crippen molar-refractivity contribution >= 4 is 26.9 Å². The highest BCUT2D eigenvalue weighted by molar-refractivity contribution is 7.86. The van der Waals surface area contributed by atoms with Gasteiger partial charge in [-0.05, 0) is 42.0 Å². The maximum Gasteiger partial charge on any atom is 0.339 e. The second-order valence-corrected chi connectivity index (χ2v) is 7.17. The first-order valence-corrected chi connectivity index (χ1v) is 9.22. The Balaban J connectivity index is 1.64. The minimum atomic E-state index is -3.97. The average molecular weight is 368 g/mol. The topological polar surface area (TPSA) is 69.7 Å². The number of rotatable bonds is 5. The van der Waals surface area contributed by atoms with E-state index in [4.69, 9.17) is 8.92 Å². The molecule has 3 aromatic carbocycles. The van der Waals surface area contributed by atoms with Crippen molar-refractivity contribution in [2.45, 2.75) is 11.8 Å². The number of ether oxygens (including phenoxy) is 1. The lowest BCUT2D eigenvalue weighted by Gasteiger charge is -2.04. The van der Waals surface area contributed by atoms with Gasteiger partial charge in [-0.25, -0.2) is 4.79 Å². The number of benzene rings is 3. The Hall–Kier alpha value is -3.12. The van der Waals surface area contributed by atoms with Gasteiger partial charge < -0.3 is 8.92 Å². The molecule has 26 heavy (non-hydrogen) atoms. The van der Waals surface area contributed by atoms with Crippen LogP contribution in [0.1, 0.15) is 5.56 Å². The second kappa shape index (κ2) is 7.41. The number of aryl methyl sites for hydroxylation is 1. The van der Waals surface area contributed by atoms with Gasteiger partial charge in [0.2, 0.25) is 0 Å². The van der Waals surface area contributed by atoms with Crippen LogP contribution in [0, 0.1) is 6.92 Å². The molecule has 0 aliphatic rings. The molecule has 132 valence electrons. The van der Waals surface area contributed by atoms with E-state index in [9.17, 15) is 13.2 Å². The van der Waals surface area contributed by atoms with Crippen LogP contribution in [0.25, 0.3) is 10.8 Å². The smallest absolute Gasteiger partial charge is 0.339 e. The number of carbonyl (C=O) groups is 1. The van der Waals surface area contributed by atoms with Gasteiger partial charge in [-0.15, -0.1) is 0 Å². The Kier molecular flexibility index (Phi) is 5.04. The molecule has 0 N–H and O–H groups in total. The normalized spacial score (nSPS) is 11.6. The summed E-state index contributed by atoms with van der Waals surface area (Å²) in [7, 11) is -3.97. The molecule has 0 amide bonds. The SMILES string of the molecule is Cc1ccc(S(=O)(=O)O/C=C\C(=O)Oc2ccc3ccccc3c2)cc1. The third-order valence-corrected chi connectivity index (χ3v) is 4.85. The van der Waals surface area contributed by atoms with Gasteiger partial charge in [0.25, 0.3) is 0 Å². The first kappa shape index (κ1) is 17.7. The van der Waals surface area contributed by atoms with E-state index < -0.39 is 16.1 Å². The Morgan fingerprint density at radius 1 is 0.923 bits per heavy atom. The van der Waals surface area contributed by atoms with Crippen molar-refractivity contribution < 1.29 is 22.1 Å². The van der Waals surface area contributed by atoms with Gasteiger partial charge in [-0.1, -0.05) is 48.0 Å². The predicted molar refractivity (Wildman–Crippen MR) is 98.2 cm³/mol. The Labute approximate surface area is 151 Å². The molecule has 5 nitrogen and oxygen atoms in total. The molecule has 0 radical (unpaired) electrons. The van der Waals surface area contributed by atoms with Crippen LogP contribution in [-0.2, 0) is 19.1 Å². The summed E-state index contributed by atoms with van der Waals surface area (Å²) in [5.74, 6) is -0.376. The third kappa shape index (κ3) is 4.29. The number of fused-ring (bicyclic) bond motifs is 1. The summed E-state index contributed by atoms with van der Waals surface area (Å²) in [6.45, 7) is 1.85. The summed E-state index contributed by atoms with van der Waals surface area (Å²) < 4.78 is 33.9. The molecule has 0 aromatic heterocycles. The molecule has 0 heterocycles. The molecule has 0 saturated heterocycles. The van der Waals surface area contributed by atoms with Gasteiger partial charge in [0.1, 0.15) is 16.9 Å². The quantitative estimate of drug-likeness (QED) is 0.224. The highest BCUT2D eigenvalue weighted by Crippen LogP contribution is 2.20. The van der Waals surface area contributed by atoms with Crippen LogP contribution < -0.4 is 4.74 Å². The summed E-state index contributed by atoms with van der Waals surface area (Å²) in [6.07, 6.45) is 1.72. The Morgan fingerprint density at radius 2 is 1.62 bits per heavy atom. The van der Waals surface area contributed by atoms with Crippen molar-refractivity contribution in [3.63, 3.8) is 0 Å². The molecule has 6 heteroatoms. The van der Waals surface area contributed by atoms with E-state index in [0.717, 1.165) is 28.7 Å². The molecule has 0 saturated carbocycles. The molecule has 0 spiro atoms. The highest BCUT2D eigenvalue weighted by Gasteiger charge is 2.13. The van der Waals surface area contributed by atoms with Crippen LogP contribution in [0.2, 0.25) is 0 Å². The van der Waals surface area contributed by atoms with E-state index in [-0.39, 0.29) is 4.90 Å². The van der Waals surface area contributed by atoms with E-state index in [1.165, 1.54) is 12.1 Å². The standard InChI is InChI=1S/C20H16O5S/c1-15-6-10-19(11-7-15)26(22,23)24-13-12-20(21)25-18-9-8-16-4-2-3-5-17(16)14-18/h2-14H,1H3/b13-12-. The fraction of sp³-hybridized carbons (Fsp3) is 0.0500. The van der Waals surface area contributed by atoms with Crippen molar-refractivity contribution in [1.82, 2.24) is 0 Å². The monoisotopic (exact) mass is 368 g/mol. The first-order valence-electron chi connectivity index (χ1n) is 7.81. The van der Waals surface area contributed by atoms with Crippen LogP contribution in [0.3, 0.4) is 0 Å². The fourth-order valence-corrected chi connectivity index (χ4v) is 3.08. The second-order valence-electron chi connectivity index (χ2n) is 5.60. The Morgan fingerprint density at radius 3 is 2.35 bits per heavy atom. The van der Waals surface area contributed by atoms with Gasteiger partial charge in [0.05, 0.1) is 6.08 Å². The minimum Gasteiger partial charge on any atom is -0.423 e. The minimum absolute atomic E-state index is 0.00986. The zero-order valence-corrected chi connectivity index (χ0v) is 14.8. The van der Waals surface area contributed by atoms with Crippen molar-refractivity contribution in [2.75, 3.05) is 0 Å². The molecule has 3 rings (SSSR count). The summed E-state index contributed by atoms with van der Waals surface area (Å²) in [6, 6.07) is 19.1. The lowest BCUT2D eigenvalue weighted by Crippen LogP contribution is -2.06. The summed E-state index contributed by atoms with van der Waals surface area (Å²) in [5.41, 5.74) is 0.929. The molecule has 0 aliphatic carbocycles. The zero-order chi connectivity index (χ0) is 18.6. The van der Waals surface area contributed by atoms with Crippen molar-refractivity contribution in [2.24, 2.45) is 0 Å². The maximum atomic E-state index is 12.0. The van der Waals surface area contributed by atoms with Gasteiger partial charge >= 0.3 is 16.1 Å². The summed E-state index contributed by atoms with van der Waals surface area (Å²) >= 11 is 0. The van der Waals surface area contributed by atoms with Crippen molar-refractivity contribution in [3.8, 4) is 5.75 Å². The zero-order valence-electron chi connectivity index (χ0n) is 14.0. The third-order valence-electron chi connectivity index (χ3n) is 3.64. The van der Waals surface area contributed by atoms with Gasteiger partial charge in [-0.2, -0.15) is 8.42 Å². The largest absolute Gasteiger partial charge is 0.423 e. The van der Waals surface area contributed by atoms with Crippen molar-refractivity contribution in [3.05, 3.63) is 84.6 Å². The van der Waals surface area contributed by atoms with Crippen LogP contribution in [0.5, 0.6) is 5.75 Å². The van der Waals surface area contributed by atoms with Gasteiger partial charge in [-0.3, -0.25) is 0 Å². The van der Waals surface area contributed by atoms with E-state index >= 15 is 0 Å². The maximum absolute atomic E-state index is 12.0. The lowest BCUT2D eigenvalue weighted by molar-refractivity contribution is -0.129. The van der Waals surface area contributed by atoms with E-state index in [0.29, 0.717) is 5.75 Å². The lowest BCUT2D eigenvalue weighted by atomic mass is 10.1. The Bertz CT molecular complexity index is 1070. The van der Waals surface area contributed by atoms with Gasteiger partial charge in [0, 0.05) is 0 Å². The average Bonchev–Trinajstić information content (AvgIpc) is 2.62. The van der Waals surface area contributed by atoms with Crippen LogP contribution in [0.15, 0.2) is 84.0 Å². The molecule has 0 aliphatic heterocycles. The first-order chi connectivity index (χ1) is 12.4. The van der Waals surface area contributed by atoms with Crippen LogP contribution >= 0.6 is 0 Å². The fourth-order valence-electron chi connectivity index (χ4n) is 2.30. The summed E-state index contributed by atoms with van der Waals surface area (Å²) in [5, 5.41) is 1.95. The van der Waals surface area contributed by atoms with Crippen molar-refractivity contribution in [1.29, 1.82) is 0 Å². The summed E-state index contributed by atoms with van der Waals surface area (Å²) in [4.78, 5) is 11.8. The van der Waals surface area contributed by atoms with Crippen LogP contribution in [0.4, 0.5) is 0 Å². The predicted octanol–water partition coefficient (Wildman–Crippen LogP) is 3.97. The molecular weight excluding hydrogens is 352 g/mol. The number of esters is 1. The molecule has 3 aromatic rings. The number of hydrogen-bond acceptors (Lipinski definition) is 5. The molecule has 0 atom stereocenters. The molecule has 0 bridgehead atoms. The van der Waals surface area contributed by atoms with Crippen LogP contribution in [-0.4, -0.2) is 14.4 Å².